The van der Waals surface area contributed by atoms with Gasteiger partial charge in [0.2, 0.25) is 0 Å². The van der Waals surface area contributed by atoms with Gasteiger partial charge in [-0.25, -0.2) is 0 Å². The lowest BCUT2D eigenvalue weighted by atomic mass is 10.1. The maximum atomic E-state index is 12.3. The van der Waals surface area contributed by atoms with Crippen molar-refractivity contribution < 1.29 is 14.5 Å². The molecule has 0 aliphatic carbocycles. The molecule has 0 heterocycles. The van der Waals surface area contributed by atoms with E-state index in [4.69, 9.17) is 10.00 Å². The molecule has 116 valence electrons. The van der Waals surface area contributed by atoms with Crippen molar-refractivity contribution in [2.24, 2.45) is 0 Å². The summed E-state index contributed by atoms with van der Waals surface area (Å²) >= 11 is 0. The minimum atomic E-state index is -0.576. The Kier molecular flexibility index (Phi) is 4.89. The highest BCUT2D eigenvalue weighted by Crippen LogP contribution is 2.25. The van der Waals surface area contributed by atoms with Crippen LogP contribution in [0.4, 0.5) is 11.4 Å². The first-order chi connectivity index (χ1) is 11.0. The summed E-state index contributed by atoms with van der Waals surface area (Å²) in [5.41, 5.74) is 1.23. The number of rotatable bonds is 5. The summed E-state index contributed by atoms with van der Waals surface area (Å²) in [5.74, 6) is -0.271. The fourth-order valence-corrected chi connectivity index (χ4v) is 1.98. The molecule has 0 radical (unpaired) electrons. The fourth-order valence-electron chi connectivity index (χ4n) is 1.98. The summed E-state index contributed by atoms with van der Waals surface area (Å²) in [6.45, 7) is 0. The maximum absolute atomic E-state index is 12.3. The molecule has 0 atom stereocenters. The van der Waals surface area contributed by atoms with Crippen LogP contribution in [0.1, 0.15) is 15.9 Å². The highest BCUT2D eigenvalue weighted by molar-refractivity contribution is 6.06. The third-order valence-corrected chi connectivity index (χ3v) is 3.13. The van der Waals surface area contributed by atoms with Crippen LogP contribution in [0.25, 0.3) is 0 Å². The van der Waals surface area contributed by atoms with E-state index in [0.717, 1.165) is 11.6 Å². The number of methoxy groups -OCH3 is 1. The topological polar surface area (TPSA) is 105 Å². The number of nitriles is 1. The van der Waals surface area contributed by atoms with E-state index in [9.17, 15) is 14.9 Å². The summed E-state index contributed by atoms with van der Waals surface area (Å²) in [6, 6.07) is 12.6. The minimum Gasteiger partial charge on any atom is -0.496 e. The lowest BCUT2D eigenvalue weighted by Gasteiger charge is -2.09. The van der Waals surface area contributed by atoms with Crippen molar-refractivity contribution in [1.82, 2.24) is 0 Å². The summed E-state index contributed by atoms with van der Waals surface area (Å²) in [5, 5.41) is 22.1. The molecule has 0 aromatic heterocycles. The number of benzene rings is 2. The number of ether oxygens (including phenoxy) is 1. The molecule has 1 N–H and O–H groups in total. The van der Waals surface area contributed by atoms with Gasteiger partial charge in [0.15, 0.2) is 0 Å². The normalized spacial score (nSPS) is 9.74. The van der Waals surface area contributed by atoms with Gasteiger partial charge in [0.05, 0.1) is 30.1 Å². The quantitative estimate of drug-likeness (QED) is 0.675. The Bertz CT molecular complexity index is 779. The van der Waals surface area contributed by atoms with Gasteiger partial charge in [0.25, 0.3) is 11.6 Å². The van der Waals surface area contributed by atoms with Crippen LogP contribution in [0.15, 0.2) is 42.5 Å². The Morgan fingerprint density at radius 1 is 1.30 bits per heavy atom. The molecule has 2 rings (SSSR count). The summed E-state index contributed by atoms with van der Waals surface area (Å²) in [4.78, 5) is 22.6. The average molecular weight is 311 g/mol. The minimum absolute atomic E-state index is 0.0720. The lowest BCUT2D eigenvalue weighted by molar-refractivity contribution is -0.384. The second-order valence-electron chi connectivity index (χ2n) is 4.63. The van der Waals surface area contributed by atoms with E-state index in [1.807, 2.05) is 6.07 Å². The molecule has 23 heavy (non-hydrogen) atoms. The Morgan fingerprint density at radius 2 is 2.00 bits per heavy atom. The number of carbonyl (C=O) groups is 1. The van der Waals surface area contributed by atoms with E-state index in [0.29, 0.717) is 5.69 Å². The van der Waals surface area contributed by atoms with Crippen molar-refractivity contribution in [2.45, 2.75) is 6.42 Å². The summed E-state index contributed by atoms with van der Waals surface area (Å²) in [7, 11) is 1.38. The lowest BCUT2D eigenvalue weighted by Crippen LogP contribution is -2.13. The monoisotopic (exact) mass is 311 g/mol. The van der Waals surface area contributed by atoms with Gasteiger partial charge in [-0.1, -0.05) is 12.1 Å². The Balaban J connectivity index is 2.24. The number of nitrogens with zero attached hydrogens (tertiary/aromatic N) is 2. The van der Waals surface area contributed by atoms with Gasteiger partial charge in [-0.05, 0) is 23.8 Å². The first-order valence-corrected chi connectivity index (χ1v) is 6.65. The van der Waals surface area contributed by atoms with Crippen molar-refractivity contribution in [3.63, 3.8) is 0 Å². The molecule has 7 heteroatoms. The highest BCUT2D eigenvalue weighted by Gasteiger charge is 2.17. The standard InChI is InChI=1S/C16H13N3O4/c1-23-15-7-6-13(19(21)22)10-14(15)16(20)18-12-4-2-11(3-5-12)8-9-17/h2-7,10H,8H2,1H3,(H,18,20). The number of hydrogen-bond acceptors (Lipinski definition) is 5. The number of carbonyl (C=O) groups excluding carboxylic acids is 1. The first kappa shape index (κ1) is 16.0. The number of non-ortho nitro benzene ring substituents is 1. The zero-order valence-corrected chi connectivity index (χ0v) is 12.3. The molecule has 0 aliphatic rings. The maximum Gasteiger partial charge on any atom is 0.270 e. The third-order valence-electron chi connectivity index (χ3n) is 3.13. The van der Waals surface area contributed by atoms with Crippen molar-refractivity contribution in [3.05, 3.63) is 63.7 Å². The SMILES string of the molecule is COc1ccc([N+](=O)[O-])cc1C(=O)Nc1ccc(CC#N)cc1. The third kappa shape index (κ3) is 3.83. The van der Waals surface area contributed by atoms with Gasteiger partial charge in [-0.15, -0.1) is 0 Å². The molecule has 1 amide bonds. The fraction of sp³-hybridized carbons (Fsp3) is 0.125. The van der Waals surface area contributed by atoms with Gasteiger partial charge < -0.3 is 10.1 Å². The van der Waals surface area contributed by atoms with Gasteiger partial charge in [0, 0.05) is 17.8 Å². The van der Waals surface area contributed by atoms with E-state index in [1.54, 1.807) is 24.3 Å². The number of amides is 1. The van der Waals surface area contributed by atoms with Crippen LogP contribution in [0.2, 0.25) is 0 Å². The molecule has 0 saturated heterocycles. The number of nitrogens with one attached hydrogen (secondary N) is 1. The largest absolute Gasteiger partial charge is 0.496 e. The van der Waals surface area contributed by atoms with Crippen LogP contribution in [0.5, 0.6) is 5.75 Å². The van der Waals surface area contributed by atoms with E-state index in [-0.39, 0.29) is 23.4 Å². The highest BCUT2D eigenvalue weighted by atomic mass is 16.6. The van der Waals surface area contributed by atoms with Crippen molar-refractivity contribution >= 4 is 17.3 Å². The first-order valence-electron chi connectivity index (χ1n) is 6.65. The Hall–Kier alpha value is -3.40. The Labute approximate surface area is 132 Å². The van der Waals surface area contributed by atoms with Gasteiger partial charge in [0.1, 0.15) is 5.75 Å². The molecule has 7 nitrogen and oxygen atoms in total. The van der Waals surface area contributed by atoms with Crippen LogP contribution in [0, 0.1) is 21.4 Å². The van der Waals surface area contributed by atoms with Crippen LogP contribution in [-0.2, 0) is 6.42 Å². The Morgan fingerprint density at radius 3 is 2.57 bits per heavy atom. The van der Waals surface area contributed by atoms with Crippen molar-refractivity contribution in [2.75, 3.05) is 12.4 Å². The van der Waals surface area contributed by atoms with Crippen molar-refractivity contribution in [3.8, 4) is 11.8 Å². The zero-order valence-electron chi connectivity index (χ0n) is 12.3. The van der Waals surface area contributed by atoms with Gasteiger partial charge in [-0.3, -0.25) is 14.9 Å². The predicted octanol–water partition coefficient (Wildman–Crippen LogP) is 2.92. The predicted molar refractivity (Wildman–Crippen MR) is 83.4 cm³/mol. The second kappa shape index (κ2) is 7.04. The van der Waals surface area contributed by atoms with Crippen LogP contribution in [-0.4, -0.2) is 17.9 Å². The molecule has 0 bridgehead atoms. The molecular formula is C16H13N3O4. The number of nitro groups is 1. The molecule has 0 aliphatic heterocycles. The zero-order chi connectivity index (χ0) is 16.8. The van der Waals surface area contributed by atoms with Crippen LogP contribution >= 0.6 is 0 Å². The number of nitro benzene ring substituents is 1. The van der Waals surface area contributed by atoms with Gasteiger partial charge >= 0.3 is 0 Å². The molecule has 0 unspecified atom stereocenters. The van der Waals surface area contributed by atoms with E-state index >= 15 is 0 Å². The van der Waals surface area contributed by atoms with E-state index in [1.165, 1.54) is 19.2 Å². The molecule has 0 saturated carbocycles. The molecular weight excluding hydrogens is 298 g/mol. The van der Waals surface area contributed by atoms with Crippen molar-refractivity contribution in [1.29, 1.82) is 5.26 Å². The number of hydrogen-bond donors (Lipinski definition) is 1. The number of anilines is 1. The van der Waals surface area contributed by atoms with Crippen LogP contribution in [0.3, 0.4) is 0 Å². The summed E-state index contributed by atoms with van der Waals surface area (Å²) in [6.07, 6.45) is 0.285. The second-order valence-corrected chi connectivity index (χ2v) is 4.63. The van der Waals surface area contributed by atoms with E-state index < -0.39 is 10.8 Å². The molecule has 0 spiro atoms. The molecule has 2 aromatic carbocycles. The smallest absolute Gasteiger partial charge is 0.270 e. The summed E-state index contributed by atoms with van der Waals surface area (Å²) < 4.78 is 5.07. The average Bonchev–Trinajstić information content (AvgIpc) is 2.56. The van der Waals surface area contributed by atoms with E-state index in [2.05, 4.69) is 5.32 Å². The molecule has 2 aromatic rings. The van der Waals surface area contributed by atoms with Gasteiger partial charge in [-0.2, -0.15) is 5.26 Å². The molecule has 0 fully saturated rings. The van der Waals surface area contributed by atoms with Crippen LogP contribution < -0.4 is 10.1 Å².